The molecule has 1 aromatic carbocycles. The molecule has 1 saturated heterocycles. The fourth-order valence-corrected chi connectivity index (χ4v) is 2.41. The van der Waals surface area contributed by atoms with Crippen LogP contribution in [0.4, 0.5) is 5.69 Å². The van der Waals surface area contributed by atoms with Gasteiger partial charge in [0.25, 0.3) is 0 Å². The lowest BCUT2D eigenvalue weighted by molar-refractivity contribution is -0.128. The van der Waals surface area contributed by atoms with Gasteiger partial charge in [0.05, 0.1) is 12.5 Å². The SMILES string of the molecule is COCCN1C[C@@H](C(=O)N(C)c2ccccc2)CC1=O. The number of hydrogen-bond acceptors (Lipinski definition) is 3. The predicted octanol–water partition coefficient (Wildman–Crippen LogP) is 1.14. The maximum atomic E-state index is 12.4. The van der Waals surface area contributed by atoms with E-state index in [4.69, 9.17) is 4.74 Å². The van der Waals surface area contributed by atoms with Crippen molar-refractivity contribution in [2.45, 2.75) is 6.42 Å². The number of amides is 2. The van der Waals surface area contributed by atoms with Crippen LogP contribution in [-0.2, 0) is 14.3 Å². The maximum absolute atomic E-state index is 12.4. The highest BCUT2D eigenvalue weighted by Crippen LogP contribution is 2.22. The average molecular weight is 276 g/mol. The third kappa shape index (κ3) is 3.17. The third-order valence-electron chi connectivity index (χ3n) is 3.60. The Hall–Kier alpha value is -1.88. The van der Waals surface area contributed by atoms with Crippen LogP contribution >= 0.6 is 0 Å². The van der Waals surface area contributed by atoms with Crippen molar-refractivity contribution in [1.82, 2.24) is 4.90 Å². The van der Waals surface area contributed by atoms with E-state index in [0.29, 0.717) is 26.1 Å². The van der Waals surface area contributed by atoms with Crippen LogP contribution in [0.15, 0.2) is 30.3 Å². The Morgan fingerprint density at radius 3 is 2.75 bits per heavy atom. The Morgan fingerprint density at radius 2 is 2.10 bits per heavy atom. The average Bonchev–Trinajstić information content (AvgIpc) is 2.85. The van der Waals surface area contributed by atoms with Crippen molar-refractivity contribution in [2.75, 3.05) is 38.8 Å². The second-order valence-corrected chi connectivity index (χ2v) is 4.97. The first kappa shape index (κ1) is 14.5. The van der Waals surface area contributed by atoms with Gasteiger partial charge in [0, 0.05) is 39.4 Å². The van der Waals surface area contributed by atoms with Crippen LogP contribution < -0.4 is 4.90 Å². The summed E-state index contributed by atoms with van der Waals surface area (Å²) in [4.78, 5) is 27.6. The van der Waals surface area contributed by atoms with Gasteiger partial charge in [-0.2, -0.15) is 0 Å². The lowest BCUT2D eigenvalue weighted by atomic mass is 10.1. The van der Waals surface area contributed by atoms with E-state index < -0.39 is 0 Å². The molecule has 108 valence electrons. The van der Waals surface area contributed by atoms with Crippen molar-refractivity contribution >= 4 is 17.5 Å². The number of carbonyl (C=O) groups is 2. The smallest absolute Gasteiger partial charge is 0.232 e. The summed E-state index contributed by atoms with van der Waals surface area (Å²) in [5.74, 6) is -0.240. The van der Waals surface area contributed by atoms with Gasteiger partial charge in [-0.05, 0) is 12.1 Å². The lowest BCUT2D eigenvalue weighted by Gasteiger charge is -2.21. The van der Waals surface area contributed by atoms with E-state index in [9.17, 15) is 9.59 Å². The molecule has 1 aliphatic heterocycles. The Bertz CT molecular complexity index is 475. The Morgan fingerprint density at radius 1 is 1.40 bits per heavy atom. The summed E-state index contributed by atoms with van der Waals surface area (Å²) < 4.78 is 4.98. The van der Waals surface area contributed by atoms with Crippen LogP contribution in [0.25, 0.3) is 0 Å². The van der Waals surface area contributed by atoms with Crippen molar-refractivity contribution in [1.29, 1.82) is 0 Å². The van der Waals surface area contributed by atoms with Gasteiger partial charge < -0.3 is 14.5 Å². The molecule has 1 aromatic rings. The molecule has 0 radical (unpaired) electrons. The van der Waals surface area contributed by atoms with E-state index in [0.717, 1.165) is 5.69 Å². The zero-order chi connectivity index (χ0) is 14.5. The van der Waals surface area contributed by atoms with Crippen LogP contribution in [0.2, 0.25) is 0 Å². The topological polar surface area (TPSA) is 49.9 Å². The minimum atomic E-state index is -0.260. The van der Waals surface area contributed by atoms with Crippen LogP contribution in [0.5, 0.6) is 0 Å². The largest absolute Gasteiger partial charge is 0.383 e. The third-order valence-corrected chi connectivity index (χ3v) is 3.60. The minimum Gasteiger partial charge on any atom is -0.383 e. The minimum absolute atomic E-state index is 0.00975. The van der Waals surface area contributed by atoms with E-state index >= 15 is 0 Å². The molecule has 0 spiro atoms. The molecule has 2 amide bonds. The molecule has 1 aliphatic rings. The number of benzene rings is 1. The molecule has 1 heterocycles. The molecule has 0 unspecified atom stereocenters. The summed E-state index contributed by atoms with van der Waals surface area (Å²) in [5.41, 5.74) is 0.847. The molecule has 5 nitrogen and oxygen atoms in total. The summed E-state index contributed by atoms with van der Waals surface area (Å²) in [6.45, 7) is 1.54. The van der Waals surface area contributed by atoms with Gasteiger partial charge in [-0.25, -0.2) is 0 Å². The normalized spacial score (nSPS) is 18.4. The van der Waals surface area contributed by atoms with Crippen molar-refractivity contribution in [2.24, 2.45) is 5.92 Å². The predicted molar refractivity (Wildman–Crippen MR) is 76.4 cm³/mol. The first-order valence-electron chi connectivity index (χ1n) is 6.73. The molecule has 1 fully saturated rings. The summed E-state index contributed by atoms with van der Waals surface area (Å²) in [6.07, 6.45) is 0.291. The number of hydrogen-bond donors (Lipinski definition) is 0. The second kappa shape index (κ2) is 6.52. The highest BCUT2D eigenvalue weighted by Gasteiger charge is 2.35. The van der Waals surface area contributed by atoms with Crippen molar-refractivity contribution in [3.05, 3.63) is 30.3 Å². The van der Waals surface area contributed by atoms with Gasteiger partial charge in [0.1, 0.15) is 0 Å². The van der Waals surface area contributed by atoms with E-state index in [2.05, 4.69) is 0 Å². The van der Waals surface area contributed by atoms with E-state index in [1.807, 2.05) is 30.3 Å². The molecule has 0 aromatic heterocycles. The number of methoxy groups -OCH3 is 1. The summed E-state index contributed by atoms with van der Waals surface area (Å²) in [7, 11) is 3.35. The lowest BCUT2D eigenvalue weighted by Crippen LogP contribution is -2.35. The molecule has 2 rings (SSSR count). The number of likely N-dealkylation sites (tertiary alicyclic amines) is 1. The van der Waals surface area contributed by atoms with Gasteiger partial charge >= 0.3 is 0 Å². The second-order valence-electron chi connectivity index (χ2n) is 4.97. The van der Waals surface area contributed by atoms with Crippen molar-refractivity contribution < 1.29 is 14.3 Å². The fraction of sp³-hybridized carbons (Fsp3) is 0.467. The summed E-state index contributed by atoms with van der Waals surface area (Å²) in [6, 6.07) is 9.47. The molecule has 0 bridgehead atoms. The highest BCUT2D eigenvalue weighted by molar-refractivity contribution is 5.98. The monoisotopic (exact) mass is 276 g/mol. The van der Waals surface area contributed by atoms with Crippen LogP contribution in [-0.4, -0.2) is 50.6 Å². The van der Waals surface area contributed by atoms with Gasteiger partial charge in [-0.1, -0.05) is 18.2 Å². The number of nitrogens with zero attached hydrogens (tertiary/aromatic N) is 2. The molecular formula is C15H20N2O3. The first-order chi connectivity index (χ1) is 9.63. The number of ether oxygens (including phenoxy) is 1. The first-order valence-corrected chi connectivity index (χ1v) is 6.73. The standard InChI is InChI=1S/C15H20N2O3/c1-16(13-6-4-3-5-7-13)15(19)12-10-14(18)17(11-12)8-9-20-2/h3-7,12H,8-11H2,1-2H3/t12-/m0/s1. The highest BCUT2D eigenvalue weighted by atomic mass is 16.5. The quantitative estimate of drug-likeness (QED) is 0.810. The van der Waals surface area contributed by atoms with Crippen LogP contribution in [0, 0.1) is 5.92 Å². The summed E-state index contributed by atoms with van der Waals surface area (Å²) >= 11 is 0. The van der Waals surface area contributed by atoms with E-state index in [1.54, 1.807) is 24.0 Å². The zero-order valence-corrected chi connectivity index (χ0v) is 11.9. The number of rotatable bonds is 5. The van der Waals surface area contributed by atoms with Gasteiger partial charge in [-0.3, -0.25) is 9.59 Å². The van der Waals surface area contributed by atoms with E-state index in [-0.39, 0.29) is 17.7 Å². The Kier molecular flexibility index (Phi) is 4.74. The number of carbonyl (C=O) groups excluding carboxylic acids is 2. The molecular weight excluding hydrogens is 256 g/mol. The Balaban J connectivity index is 1.98. The maximum Gasteiger partial charge on any atom is 0.232 e. The van der Waals surface area contributed by atoms with Crippen molar-refractivity contribution in [3.63, 3.8) is 0 Å². The number of para-hydroxylation sites is 1. The van der Waals surface area contributed by atoms with Gasteiger partial charge in [-0.15, -0.1) is 0 Å². The molecule has 0 aliphatic carbocycles. The molecule has 0 saturated carbocycles. The van der Waals surface area contributed by atoms with Gasteiger partial charge in [0.15, 0.2) is 0 Å². The summed E-state index contributed by atoms with van der Waals surface area (Å²) in [5, 5.41) is 0. The van der Waals surface area contributed by atoms with Crippen molar-refractivity contribution in [3.8, 4) is 0 Å². The molecule has 1 atom stereocenters. The molecule has 0 N–H and O–H groups in total. The molecule has 20 heavy (non-hydrogen) atoms. The van der Waals surface area contributed by atoms with Crippen LogP contribution in [0.3, 0.4) is 0 Å². The Labute approximate surface area is 119 Å². The number of anilines is 1. The van der Waals surface area contributed by atoms with Gasteiger partial charge in [0.2, 0.25) is 11.8 Å². The van der Waals surface area contributed by atoms with E-state index in [1.165, 1.54) is 0 Å². The fourth-order valence-electron chi connectivity index (χ4n) is 2.41. The zero-order valence-electron chi connectivity index (χ0n) is 11.9. The van der Waals surface area contributed by atoms with Crippen LogP contribution in [0.1, 0.15) is 6.42 Å². The molecule has 5 heteroatoms.